The summed E-state index contributed by atoms with van der Waals surface area (Å²) in [5, 5.41) is 11.9. The largest absolute Gasteiger partial charge is 0.464 e. The Morgan fingerprint density at radius 1 is 1.06 bits per heavy atom. The van der Waals surface area contributed by atoms with Crippen molar-refractivity contribution in [1.82, 2.24) is 35.0 Å². The summed E-state index contributed by atoms with van der Waals surface area (Å²) < 4.78 is 25.8. The van der Waals surface area contributed by atoms with Gasteiger partial charge < -0.3 is 19.7 Å². The molecule has 1 N–H and O–H groups in total. The molecule has 4 aliphatic rings. The number of aromatic nitrogens is 6. The van der Waals surface area contributed by atoms with Crippen LogP contribution in [-0.4, -0.2) is 86.4 Å². The van der Waals surface area contributed by atoms with Crippen LogP contribution in [0.2, 0.25) is 0 Å². The number of benzene rings is 1. The molecule has 8 rings (SSSR count). The lowest BCUT2D eigenvalue weighted by molar-refractivity contribution is -0.0656. The second-order valence-electron chi connectivity index (χ2n) is 14.7. The molecule has 4 fully saturated rings. The van der Waals surface area contributed by atoms with E-state index in [9.17, 15) is 9.18 Å². The van der Waals surface area contributed by atoms with E-state index in [-0.39, 0.29) is 11.2 Å². The highest BCUT2D eigenvalue weighted by Gasteiger charge is 2.53. The van der Waals surface area contributed by atoms with Gasteiger partial charge in [0, 0.05) is 66.9 Å². The Balaban J connectivity index is 0.919. The normalized spacial score (nSPS) is 21.8. The van der Waals surface area contributed by atoms with E-state index in [1.807, 2.05) is 12.1 Å². The van der Waals surface area contributed by atoms with Crippen LogP contribution < -0.4 is 15.0 Å². The van der Waals surface area contributed by atoms with Crippen LogP contribution >= 0.6 is 0 Å². The number of halogens is 1. The Morgan fingerprint density at radius 3 is 2.68 bits per heavy atom. The molecule has 260 valence electrons. The average molecular weight is 680 g/mol. The standard InChI is InChI=1S/C37H42FN9O3/c1-22(2)33(24-13-26(14-24)43-31-6-4-5-29(44-31)36(48)49-3)47-18-37(19-47)11-12-46(17-37)34-35(45-42-21-41-34)50-30-10-9-25(38)15-27(30)28-16-39-20-40-32(28)23-7-8-23/h4-6,9-10,15-16,20-24,26,33H,7-8,11-14,17-19H2,1-3H3,(H,43,44)/t24?,26?,33-/m1/s1. The number of hydrogen-bond acceptors (Lipinski definition) is 12. The molecule has 2 saturated carbocycles. The molecule has 0 amide bonds. The first-order valence-corrected chi connectivity index (χ1v) is 17.6. The smallest absolute Gasteiger partial charge is 0.356 e. The van der Waals surface area contributed by atoms with Gasteiger partial charge in [-0.2, -0.15) is 0 Å². The Morgan fingerprint density at radius 2 is 1.90 bits per heavy atom. The first kappa shape index (κ1) is 32.4. The third-order valence-electron chi connectivity index (χ3n) is 10.8. The van der Waals surface area contributed by atoms with Crippen LogP contribution in [0.3, 0.4) is 0 Å². The molecule has 3 aromatic heterocycles. The van der Waals surface area contributed by atoms with E-state index in [1.165, 1.54) is 25.6 Å². The molecule has 1 aromatic carbocycles. The SMILES string of the molecule is COC(=O)c1cccc(NC2CC([C@@H](C(C)C)N3CC4(CCN(c5ncnnc5Oc5ccc(F)cc5-c5cncnc5C5CC5)C4)C3)C2)n1. The van der Waals surface area contributed by atoms with Crippen molar-refractivity contribution in [3.63, 3.8) is 0 Å². The molecule has 50 heavy (non-hydrogen) atoms. The summed E-state index contributed by atoms with van der Waals surface area (Å²) in [7, 11) is 1.37. The number of carbonyl (C=O) groups excluding carboxylic acids is 1. The highest BCUT2D eigenvalue weighted by molar-refractivity contribution is 5.87. The summed E-state index contributed by atoms with van der Waals surface area (Å²) in [5.41, 5.74) is 2.77. The number of likely N-dealkylation sites (tertiary alicyclic amines) is 1. The van der Waals surface area contributed by atoms with Crippen molar-refractivity contribution >= 4 is 17.6 Å². The van der Waals surface area contributed by atoms with Gasteiger partial charge >= 0.3 is 5.97 Å². The number of nitrogens with one attached hydrogen (secondary N) is 1. The van der Waals surface area contributed by atoms with E-state index in [0.717, 1.165) is 69.5 Å². The van der Waals surface area contributed by atoms with Gasteiger partial charge in [0.25, 0.3) is 5.88 Å². The summed E-state index contributed by atoms with van der Waals surface area (Å²) in [4.78, 5) is 34.7. The second-order valence-corrected chi connectivity index (χ2v) is 14.7. The van der Waals surface area contributed by atoms with Crippen molar-refractivity contribution in [2.45, 2.75) is 64.0 Å². The van der Waals surface area contributed by atoms with Gasteiger partial charge in [-0.05, 0) is 74.3 Å². The quantitative estimate of drug-likeness (QED) is 0.194. The third-order valence-corrected chi connectivity index (χ3v) is 10.8. The number of pyridine rings is 1. The minimum atomic E-state index is -0.431. The lowest BCUT2D eigenvalue weighted by Crippen LogP contribution is -2.65. The molecule has 2 saturated heterocycles. The summed E-state index contributed by atoms with van der Waals surface area (Å²) in [6.45, 7) is 8.43. The van der Waals surface area contributed by atoms with Crippen molar-refractivity contribution < 1.29 is 18.7 Å². The predicted molar refractivity (Wildman–Crippen MR) is 184 cm³/mol. The van der Waals surface area contributed by atoms with Crippen molar-refractivity contribution in [1.29, 1.82) is 0 Å². The zero-order chi connectivity index (χ0) is 34.4. The van der Waals surface area contributed by atoms with E-state index in [0.29, 0.717) is 64.4 Å². The summed E-state index contributed by atoms with van der Waals surface area (Å²) >= 11 is 0. The molecule has 0 bridgehead atoms. The molecule has 4 aromatic rings. The molecule has 1 spiro atoms. The summed E-state index contributed by atoms with van der Waals surface area (Å²) in [5.74, 6) is 2.82. The number of nitrogens with zero attached hydrogens (tertiary/aromatic N) is 8. The number of rotatable bonds is 11. The van der Waals surface area contributed by atoms with Crippen LogP contribution in [0.25, 0.3) is 11.1 Å². The molecule has 1 atom stereocenters. The van der Waals surface area contributed by atoms with E-state index >= 15 is 0 Å². The molecular weight excluding hydrogens is 637 g/mol. The van der Waals surface area contributed by atoms with Gasteiger partial charge in [0.2, 0.25) is 0 Å². The topological polar surface area (TPSA) is 131 Å². The second kappa shape index (κ2) is 13.2. The van der Waals surface area contributed by atoms with Crippen molar-refractivity contribution in [2.75, 3.05) is 43.5 Å². The van der Waals surface area contributed by atoms with E-state index in [1.54, 1.807) is 24.7 Å². The lowest BCUT2D eigenvalue weighted by Gasteiger charge is -2.57. The zero-order valence-electron chi connectivity index (χ0n) is 28.6. The van der Waals surface area contributed by atoms with Gasteiger partial charge in [-0.25, -0.2) is 29.1 Å². The molecule has 0 unspecified atom stereocenters. The Hall–Kier alpha value is -4.78. The van der Waals surface area contributed by atoms with Gasteiger partial charge in [-0.3, -0.25) is 4.90 Å². The molecule has 2 aliphatic carbocycles. The molecule has 2 aliphatic heterocycles. The van der Waals surface area contributed by atoms with Crippen molar-refractivity contribution in [3.05, 3.63) is 72.5 Å². The maximum absolute atomic E-state index is 14.6. The number of hydrogen-bond donors (Lipinski definition) is 1. The Labute approximate surface area is 290 Å². The van der Waals surface area contributed by atoms with Crippen molar-refractivity contribution in [3.8, 4) is 22.8 Å². The van der Waals surface area contributed by atoms with E-state index in [2.05, 4.69) is 59.1 Å². The monoisotopic (exact) mass is 679 g/mol. The maximum atomic E-state index is 14.6. The van der Waals surface area contributed by atoms with E-state index in [4.69, 9.17) is 9.47 Å². The minimum Gasteiger partial charge on any atom is -0.464 e. The van der Waals surface area contributed by atoms with Crippen LogP contribution in [0.5, 0.6) is 11.6 Å². The van der Waals surface area contributed by atoms with Gasteiger partial charge in [-0.15, -0.1) is 10.2 Å². The number of anilines is 2. The number of methoxy groups -OCH3 is 1. The highest BCUT2D eigenvalue weighted by atomic mass is 19.1. The predicted octanol–water partition coefficient (Wildman–Crippen LogP) is 5.75. The molecule has 5 heterocycles. The number of carbonyl (C=O) groups is 1. The van der Waals surface area contributed by atoms with Crippen LogP contribution in [0.1, 0.15) is 68.1 Å². The van der Waals surface area contributed by atoms with Crippen LogP contribution in [-0.2, 0) is 4.74 Å². The lowest BCUT2D eigenvalue weighted by atomic mass is 9.68. The first-order chi connectivity index (χ1) is 24.3. The number of ether oxygens (including phenoxy) is 2. The third kappa shape index (κ3) is 6.34. The van der Waals surface area contributed by atoms with Crippen LogP contribution in [0.4, 0.5) is 16.0 Å². The fourth-order valence-corrected chi connectivity index (χ4v) is 8.34. The molecular formula is C37H42FN9O3. The number of esters is 1. The molecule has 13 heteroatoms. The average Bonchev–Trinajstić information content (AvgIpc) is 3.85. The molecule has 12 nitrogen and oxygen atoms in total. The Bertz CT molecular complexity index is 1880. The van der Waals surface area contributed by atoms with Crippen LogP contribution in [0.15, 0.2) is 55.2 Å². The van der Waals surface area contributed by atoms with Crippen LogP contribution in [0, 0.1) is 23.1 Å². The van der Waals surface area contributed by atoms with Crippen molar-refractivity contribution in [2.24, 2.45) is 17.3 Å². The fourth-order valence-electron chi connectivity index (χ4n) is 8.34. The zero-order valence-corrected chi connectivity index (χ0v) is 28.6. The highest BCUT2D eigenvalue weighted by Crippen LogP contribution is 2.49. The van der Waals surface area contributed by atoms with E-state index < -0.39 is 5.97 Å². The minimum absolute atomic E-state index is 0.177. The van der Waals surface area contributed by atoms with Gasteiger partial charge in [0.05, 0.1) is 12.8 Å². The van der Waals surface area contributed by atoms with Gasteiger partial charge in [0.1, 0.15) is 30.0 Å². The van der Waals surface area contributed by atoms with Gasteiger partial charge in [0.15, 0.2) is 11.5 Å². The maximum Gasteiger partial charge on any atom is 0.356 e. The first-order valence-electron chi connectivity index (χ1n) is 17.6. The molecule has 0 radical (unpaired) electrons. The Kier molecular flexibility index (Phi) is 8.54. The summed E-state index contributed by atoms with van der Waals surface area (Å²) in [6, 6.07) is 10.7. The fraction of sp³-hybridized carbons (Fsp3) is 0.486. The summed E-state index contributed by atoms with van der Waals surface area (Å²) in [6.07, 6.45) is 10.1. The van der Waals surface area contributed by atoms with Gasteiger partial charge in [-0.1, -0.05) is 19.9 Å².